The fraction of sp³-hybridized carbons (Fsp3) is 0.206. The number of nitrogens with two attached hydrogens (primary N) is 1. The summed E-state index contributed by atoms with van der Waals surface area (Å²) in [6.07, 6.45) is 5.64. The normalized spacial score (nSPS) is 14.2. The monoisotopic (exact) mass is 603 g/mol. The number of nitrogens with zero attached hydrogens (tertiary/aromatic N) is 3. The highest BCUT2D eigenvalue weighted by Gasteiger charge is 2.33. The Balaban J connectivity index is 1.15. The Bertz CT molecular complexity index is 2070. The van der Waals surface area contributed by atoms with Crippen LogP contribution >= 0.6 is 0 Å². The number of carbonyl (C=O) groups excluding carboxylic acids is 2. The molecule has 0 radical (unpaired) electrons. The molecule has 6 aromatic rings. The predicted octanol–water partition coefficient (Wildman–Crippen LogP) is 4.37. The number of hydrogen-bond donors (Lipinski definition) is 5. The van der Waals surface area contributed by atoms with Crippen molar-refractivity contribution >= 4 is 33.8 Å². The number of H-pyrrole nitrogens is 1. The smallest absolute Gasteiger partial charge is 0.404 e. The number of rotatable bonds is 10. The van der Waals surface area contributed by atoms with Gasteiger partial charge in [0.2, 0.25) is 0 Å². The molecule has 228 valence electrons. The summed E-state index contributed by atoms with van der Waals surface area (Å²) in [5, 5.41) is 19.0. The quantitative estimate of drug-likeness (QED) is 0.157. The van der Waals surface area contributed by atoms with E-state index in [9.17, 15) is 14.7 Å². The van der Waals surface area contributed by atoms with Crippen molar-refractivity contribution in [2.45, 2.75) is 32.1 Å². The first kappa shape index (κ1) is 28.2. The number of para-hydroxylation sites is 1. The van der Waals surface area contributed by atoms with Crippen LogP contribution in [0.4, 0.5) is 4.79 Å². The molecule has 0 aliphatic carbocycles. The van der Waals surface area contributed by atoms with E-state index in [4.69, 9.17) is 10.5 Å². The minimum atomic E-state index is -0.781. The Morgan fingerprint density at radius 3 is 2.78 bits per heavy atom. The van der Waals surface area contributed by atoms with Gasteiger partial charge in [0, 0.05) is 77.6 Å². The lowest BCUT2D eigenvalue weighted by Crippen LogP contribution is -2.22. The molecule has 45 heavy (non-hydrogen) atoms. The highest BCUT2D eigenvalue weighted by molar-refractivity contribution is 6.01. The van der Waals surface area contributed by atoms with Gasteiger partial charge < -0.3 is 40.3 Å². The number of benzene rings is 3. The molecule has 0 bridgehead atoms. The van der Waals surface area contributed by atoms with E-state index in [-0.39, 0.29) is 24.3 Å². The lowest BCUT2D eigenvalue weighted by molar-refractivity contribution is 0.0960. The van der Waals surface area contributed by atoms with Crippen LogP contribution in [0, 0.1) is 0 Å². The van der Waals surface area contributed by atoms with Crippen molar-refractivity contribution in [2.75, 3.05) is 6.61 Å². The summed E-state index contributed by atoms with van der Waals surface area (Å²) in [7, 11) is 1.95. The van der Waals surface area contributed by atoms with Gasteiger partial charge in [-0.2, -0.15) is 0 Å². The molecule has 0 saturated carbocycles. The highest BCUT2D eigenvalue weighted by atomic mass is 16.5. The van der Waals surface area contributed by atoms with Gasteiger partial charge in [-0.1, -0.05) is 30.3 Å². The van der Waals surface area contributed by atoms with Crippen molar-refractivity contribution in [1.82, 2.24) is 29.7 Å². The zero-order valence-electron chi connectivity index (χ0n) is 24.7. The van der Waals surface area contributed by atoms with E-state index in [0.29, 0.717) is 31.6 Å². The Kier molecular flexibility index (Phi) is 7.22. The molecule has 1 unspecified atom stereocenters. The third-order valence-electron chi connectivity index (χ3n) is 8.35. The second kappa shape index (κ2) is 11.5. The Morgan fingerprint density at radius 1 is 1.09 bits per heavy atom. The molecular formula is C34H33N7O4. The summed E-state index contributed by atoms with van der Waals surface area (Å²) in [6.45, 7) is 1.95. The second-order valence-electron chi connectivity index (χ2n) is 11.4. The number of primary amides is 1. The standard InChI is InChI=1S/C34H33N7O4/c1-40-17-22(37-19-40)18-41-16-21(10-11-45-34(35)44)24-8-6-20(12-30(24)41)14-36-15-29-31(26-4-2-3-5-28(26)38-29)32-27-13-23(42)7-9-25(27)33(43)39-32/h2-9,12-13,16-17,19,32,36,38,42H,10-11,14-15,18H2,1H3,(H2,35,44)(H,39,43). The molecule has 2 amide bonds. The van der Waals surface area contributed by atoms with Crippen molar-refractivity contribution in [3.63, 3.8) is 0 Å². The Hall–Kier alpha value is -5.55. The van der Waals surface area contributed by atoms with E-state index in [1.165, 1.54) is 0 Å². The van der Waals surface area contributed by atoms with Crippen LogP contribution < -0.4 is 16.4 Å². The number of aryl methyl sites for hydroxylation is 1. The molecule has 11 nitrogen and oxygen atoms in total. The SMILES string of the molecule is Cn1cnc(Cn2cc(CCOC(N)=O)c3ccc(CNCc4[nH]c5ccccc5c4C4NC(=O)c5ccc(O)cc54)cc32)c1. The van der Waals surface area contributed by atoms with Crippen molar-refractivity contribution in [1.29, 1.82) is 0 Å². The lowest BCUT2D eigenvalue weighted by atomic mass is 9.95. The van der Waals surface area contributed by atoms with E-state index in [1.807, 2.05) is 42.1 Å². The Labute approximate surface area is 258 Å². The largest absolute Gasteiger partial charge is 0.508 e. The molecule has 11 heteroatoms. The number of aromatic nitrogens is 4. The van der Waals surface area contributed by atoms with Crippen molar-refractivity contribution in [2.24, 2.45) is 12.8 Å². The molecule has 3 aromatic carbocycles. The lowest BCUT2D eigenvalue weighted by Gasteiger charge is -2.15. The molecule has 6 N–H and O–H groups in total. The maximum absolute atomic E-state index is 12.8. The molecule has 1 aliphatic rings. The highest BCUT2D eigenvalue weighted by Crippen LogP contribution is 2.38. The fourth-order valence-electron chi connectivity index (χ4n) is 6.37. The summed E-state index contributed by atoms with van der Waals surface area (Å²) in [6, 6.07) is 18.9. The average Bonchev–Trinajstić information content (AvgIpc) is 3.77. The number of nitrogens with one attached hydrogen (secondary N) is 3. The van der Waals surface area contributed by atoms with Crippen LogP contribution in [-0.4, -0.2) is 42.8 Å². The van der Waals surface area contributed by atoms with Gasteiger partial charge in [-0.25, -0.2) is 9.78 Å². The molecule has 1 atom stereocenters. The van der Waals surface area contributed by atoms with Crippen LogP contribution in [0.25, 0.3) is 21.8 Å². The third-order valence-corrected chi connectivity index (χ3v) is 8.35. The molecule has 4 heterocycles. The summed E-state index contributed by atoms with van der Waals surface area (Å²) in [5.74, 6) is -0.0248. The van der Waals surface area contributed by atoms with Gasteiger partial charge in [0.15, 0.2) is 0 Å². The van der Waals surface area contributed by atoms with Gasteiger partial charge in [-0.05, 0) is 47.0 Å². The Morgan fingerprint density at radius 2 is 1.96 bits per heavy atom. The minimum absolute atomic E-state index is 0.126. The van der Waals surface area contributed by atoms with Crippen LogP contribution in [0.5, 0.6) is 5.75 Å². The first-order chi connectivity index (χ1) is 21.8. The number of phenolic OH excluding ortho intramolecular Hbond substituents is 1. The number of carbonyl (C=O) groups is 2. The van der Waals surface area contributed by atoms with E-state index in [1.54, 1.807) is 24.5 Å². The van der Waals surface area contributed by atoms with Crippen LogP contribution in [0.1, 0.15) is 50.0 Å². The van der Waals surface area contributed by atoms with Crippen molar-refractivity contribution < 1.29 is 19.4 Å². The average molecular weight is 604 g/mol. The number of imidazole rings is 1. The van der Waals surface area contributed by atoms with Gasteiger partial charge in [0.1, 0.15) is 5.75 Å². The number of amides is 2. The first-order valence-electron chi connectivity index (χ1n) is 14.8. The van der Waals surface area contributed by atoms with Gasteiger partial charge in [-0.15, -0.1) is 0 Å². The summed E-state index contributed by atoms with van der Waals surface area (Å²) >= 11 is 0. The molecule has 0 spiro atoms. The fourth-order valence-corrected chi connectivity index (χ4v) is 6.37. The zero-order valence-corrected chi connectivity index (χ0v) is 24.7. The van der Waals surface area contributed by atoms with Gasteiger partial charge >= 0.3 is 6.09 Å². The van der Waals surface area contributed by atoms with Crippen LogP contribution in [-0.2, 0) is 37.8 Å². The minimum Gasteiger partial charge on any atom is -0.508 e. The number of hydrogen-bond acceptors (Lipinski definition) is 6. The molecular weight excluding hydrogens is 570 g/mol. The number of phenols is 1. The number of aromatic amines is 1. The van der Waals surface area contributed by atoms with Gasteiger partial charge in [0.05, 0.1) is 31.2 Å². The van der Waals surface area contributed by atoms with E-state index in [0.717, 1.165) is 55.4 Å². The van der Waals surface area contributed by atoms with Crippen LogP contribution in [0.2, 0.25) is 0 Å². The van der Waals surface area contributed by atoms with Crippen LogP contribution in [0.3, 0.4) is 0 Å². The van der Waals surface area contributed by atoms with Crippen molar-refractivity contribution in [3.8, 4) is 5.75 Å². The van der Waals surface area contributed by atoms with E-state index >= 15 is 0 Å². The van der Waals surface area contributed by atoms with Gasteiger partial charge in [-0.3, -0.25) is 4.79 Å². The summed E-state index contributed by atoms with van der Waals surface area (Å²) < 4.78 is 9.11. The first-order valence-corrected chi connectivity index (χ1v) is 14.8. The van der Waals surface area contributed by atoms with Crippen LogP contribution in [0.15, 0.2) is 79.4 Å². The third kappa shape index (κ3) is 5.49. The molecule has 3 aromatic heterocycles. The number of fused-ring (bicyclic) bond motifs is 3. The number of aromatic hydroxyl groups is 1. The maximum atomic E-state index is 12.8. The molecule has 7 rings (SSSR count). The second-order valence-corrected chi connectivity index (χ2v) is 11.4. The van der Waals surface area contributed by atoms with E-state index in [2.05, 4.69) is 49.6 Å². The van der Waals surface area contributed by atoms with Crippen molar-refractivity contribution in [3.05, 3.63) is 119 Å². The van der Waals surface area contributed by atoms with Gasteiger partial charge in [0.25, 0.3) is 5.91 Å². The molecule has 1 aliphatic heterocycles. The molecule has 0 fully saturated rings. The summed E-state index contributed by atoms with van der Waals surface area (Å²) in [5.41, 5.74) is 13.6. The van der Waals surface area contributed by atoms with E-state index < -0.39 is 6.09 Å². The number of ether oxygens (including phenoxy) is 1. The maximum Gasteiger partial charge on any atom is 0.404 e. The zero-order chi connectivity index (χ0) is 31.1. The predicted molar refractivity (Wildman–Crippen MR) is 170 cm³/mol. The summed E-state index contributed by atoms with van der Waals surface area (Å²) in [4.78, 5) is 32.0. The topological polar surface area (TPSA) is 152 Å². The molecule has 0 saturated heterocycles.